The van der Waals surface area contributed by atoms with Crippen molar-refractivity contribution in [2.75, 3.05) is 17.2 Å². The number of phenolic OH excluding ortho intramolecular Hbond substituents is 1. The first kappa shape index (κ1) is 38.4. The quantitative estimate of drug-likeness (QED) is 0.109. The first-order valence-electron chi connectivity index (χ1n) is 17.4. The zero-order valence-corrected chi connectivity index (χ0v) is 30.4. The van der Waals surface area contributed by atoms with E-state index in [2.05, 4.69) is 10.6 Å². The van der Waals surface area contributed by atoms with E-state index in [1.54, 1.807) is 48.5 Å². The number of carbonyl (C=O) groups is 3. The van der Waals surface area contributed by atoms with E-state index in [4.69, 9.17) is 14.2 Å². The highest BCUT2D eigenvalue weighted by molar-refractivity contribution is 5.93. The molecule has 0 saturated heterocycles. The SMILES string of the molecule is CC(=O)COc1ccc(Oc2ccc(CC(=O)Nc3ccccc3C)cc2)cc1.Cc1ccccc1NC(=O)Cc1ccc(Oc2ccc(O)cc2)cc1. The van der Waals surface area contributed by atoms with Gasteiger partial charge in [0.2, 0.25) is 11.8 Å². The third-order valence-electron chi connectivity index (χ3n) is 7.99. The number of aromatic hydroxyl groups is 1. The van der Waals surface area contributed by atoms with Gasteiger partial charge in [0.15, 0.2) is 5.78 Å². The molecule has 0 bridgehead atoms. The first-order chi connectivity index (χ1) is 26.1. The molecule has 0 unspecified atom stereocenters. The molecule has 6 aromatic rings. The predicted molar refractivity (Wildman–Crippen MR) is 211 cm³/mol. The van der Waals surface area contributed by atoms with Crippen LogP contribution in [0.1, 0.15) is 29.2 Å². The molecule has 0 saturated carbocycles. The van der Waals surface area contributed by atoms with Crippen LogP contribution in [0.4, 0.5) is 11.4 Å². The molecule has 0 aliphatic heterocycles. The lowest BCUT2D eigenvalue weighted by Gasteiger charge is -2.10. The highest BCUT2D eigenvalue weighted by Crippen LogP contribution is 2.26. The molecule has 0 aliphatic carbocycles. The van der Waals surface area contributed by atoms with Gasteiger partial charge in [0, 0.05) is 11.4 Å². The third-order valence-corrected chi connectivity index (χ3v) is 7.99. The molecule has 3 N–H and O–H groups in total. The number of hydrogen-bond donors (Lipinski definition) is 3. The Labute approximate surface area is 315 Å². The van der Waals surface area contributed by atoms with Gasteiger partial charge in [-0.15, -0.1) is 0 Å². The van der Waals surface area contributed by atoms with Crippen LogP contribution < -0.4 is 24.8 Å². The molecular formula is C45H42N2O7. The van der Waals surface area contributed by atoms with E-state index in [-0.39, 0.29) is 36.4 Å². The molecule has 0 fully saturated rings. The van der Waals surface area contributed by atoms with Crippen molar-refractivity contribution < 1.29 is 33.7 Å². The molecule has 9 heteroatoms. The standard InChI is InChI=1S/C24H23NO4.C21H19NO3/c1-17-5-3-4-6-23(17)25-24(27)15-19-7-9-21(10-8-19)29-22-13-11-20(12-14-22)28-16-18(2)26;1-15-4-2-3-5-20(15)22-21(24)14-16-6-10-18(11-7-16)25-19-12-8-17(23)9-13-19/h3-14H,15-16H2,1-2H3,(H,25,27);2-13,23H,14H2,1H3,(H,22,24). The number of anilines is 2. The van der Waals surface area contributed by atoms with Gasteiger partial charge >= 0.3 is 0 Å². The van der Waals surface area contributed by atoms with E-state index in [9.17, 15) is 19.5 Å². The van der Waals surface area contributed by atoms with Gasteiger partial charge in [-0.2, -0.15) is 0 Å². The van der Waals surface area contributed by atoms with Crippen LogP contribution in [0.5, 0.6) is 34.5 Å². The van der Waals surface area contributed by atoms with Crippen molar-refractivity contribution in [3.05, 3.63) is 168 Å². The van der Waals surface area contributed by atoms with Crippen molar-refractivity contribution in [2.45, 2.75) is 33.6 Å². The van der Waals surface area contributed by atoms with Crippen LogP contribution in [0.25, 0.3) is 0 Å². The van der Waals surface area contributed by atoms with Crippen LogP contribution in [-0.2, 0) is 27.2 Å². The number of carbonyl (C=O) groups excluding carboxylic acids is 3. The highest BCUT2D eigenvalue weighted by atomic mass is 16.5. The van der Waals surface area contributed by atoms with Crippen molar-refractivity contribution in [1.29, 1.82) is 0 Å². The molecule has 0 aliphatic rings. The van der Waals surface area contributed by atoms with Gasteiger partial charge in [-0.1, -0.05) is 60.7 Å². The van der Waals surface area contributed by atoms with Gasteiger partial charge in [0.1, 0.15) is 41.1 Å². The minimum Gasteiger partial charge on any atom is -0.508 e. The average molecular weight is 723 g/mol. The maximum absolute atomic E-state index is 12.3. The number of phenols is 1. The number of hydrogen-bond acceptors (Lipinski definition) is 7. The lowest BCUT2D eigenvalue weighted by atomic mass is 10.1. The van der Waals surface area contributed by atoms with Crippen molar-refractivity contribution in [2.24, 2.45) is 0 Å². The molecule has 54 heavy (non-hydrogen) atoms. The van der Waals surface area contributed by atoms with E-state index in [1.165, 1.54) is 6.92 Å². The lowest BCUT2D eigenvalue weighted by Crippen LogP contribution is -2.15. The summed E-state index contributed by atoms with van der Waals surface area (Å²) in [6.07, 6.45) is 0.588. The van der Waals surface area contributed by atoms with Gasteiger partial charge in [0.25, 0.3) is 0 Å². The van der Waals surface area contributed by atoms with E-state index in [1.807, 2.05) is 111 Å². The summed E-state index contributed by atoms with van der Waals surface area (Å²) in [6.45, 7) is 5.46. The smallest absolute Gasteiger partial charge is 0.228 e. The van der Waals surface area contributed by atoms with Gasteiger partial charge in [0.05, 0.1) is 12.8 Å². The molecule has 0 spiro atoms. The van der Waals surface area contributed by atoms with E-state index in [0.29, 0.717) is 35.2 Å². The van der Waals surface area contributed by atoms with E-state index < -0.39 is 0 Å². The van der Waals surface area contributed by atoms with Gasteiger partial charge < -0.3 is 30.0 Å². The molecule has 0 radical (unpaired) electrons. The zero-order valence-electron chi connectivity index (χ0n) is 30.4. The Kier molecular flexibility index (Phi) is 13.6. The molecule has 6 aromatic carbocycles. The summed E-state index contributed by atoms with van der Waals surface area (Å²) in [5.41, 5.74) is 5.53. The second-order valence-electron chi connectivity index (χ2n) is 12.5. The Morgan fingerprint density at radius 2 is 0.852 bits per heavy atom. The van der Waals surface area contributed by atoms with Gasteiger partial charge in [-0.3, -0.25) is 14.4 Å². The first-order valence-corrected chi connectivity index (χ1v) is 17.4. The van der Waals surface area contributed by atoms with Crippen LogP contribution in [-0.4, -0.2) is 29.3 Å². The second-order valence-corrected chi connectivity index (χ2v) is 12.5. The van der Waals surface area contributed by atoms with Crippen LogP contribution in [0.2, 0.25) is 0 Å². The fraction of sp³-hybridized carbons (Fsp3) is 0.133. The van der Waals surface area contributed by atoms with E-state index >= 15 is 0 Å². The fourth-order valence-corrected chi connectivity index (χ4v) is 5.11. The largest absolute Gasteiger partial charge is 0.508 e. The summed E-state index contributed by atoms with van der Waals surface area (Å²) in [7, 11) is 0. The Balaban J connectivity index is 0.000000210. The van der Waals surface area contributed by atoms with Crippen LogP contribution in [0.3, 0.4) is 0 Å². The number of ether oxygens (including phenoxy) is 3. The second kappa shape index (κ2) is 19.1. The molecule has 2 amide bonds. The molecule has 274 valence electrons. The number of para-hydroxylation sites is 2. The minimum absolute atomic E-state index is 0.0296. The summed E-state index contributed by atoms with van der Waals surface area (Å²) < 4.78 is 16.8. The Morgan fingerprint density at radius 1 is 0.500 bits per heavy atom. The summed E-state index contributed by atoms with van der Waals surface area (Å²) in [4.78, 5) is 35.4. The molecule has 9 nitrogen and oxygen atoms in total. The molecule has 0 aromatic heterocycles. The van der Waals surface area contributed by atoms with Gasteiger partial charge in [-0.25, -0.2) is 0 Å². The molecule has 0 heterocycles. The normalized spacial score (nSPS) is 10.3. The summed E-state index contributed by atoms with van der Waals surface area (Å²) >= 11 is 0. The zero-order chi connectivity index (χ0) is 38.3. The number of benzene rings is 6. The molecule has 6 rings (SSSR count). The van der Waals surface area contributed by atoms with Crippen molar-refractivity contribution >= 4 is 29.0 Å². The number of Topliss-reactive ketones (excluding diaryl/α,β-unsaturated/α-hetero) is 1. The number of nitrogens with one attached hydrogen (secondary N) is 2. The van der Waals surface area contributed by atoms with Gasteiger partial charge in [-0.05, 0) is 128 Å². The van der Waals surface area contributed by atoms with Crippen LogP contribution >= 0.6 is 0 Å². The third kappa shape index (κ3) is 12.4. The Bertz CT molecular complexity index is 2150. The summed E-state index contributed by atoms with van der Waals surface area (Å²) in [5.74, 6) is 3.31. The van der Waals surface area contributed by atoms with Crippen LogP contribution in [0, 0.1) is 13.8 Å². The fourth-order valence-electron chi connectivity index (χ4n) is 5.11. The maximum Gasteiger partial charge on any atom is 0.228 e. The van der Waals surface area contributed by atoms with Crippen molar-refractivity contribution in [1.82, 2.24) is 0 Å². The lowest BCUT2D eigenvalue weighted by molar-refractivity contribution is -0.119. The number of amides is 2. The van der Waals surface area contributed by atoms with Crippen molar-refractivity contribution in [3.8, 4) is 34.5 Å². The Morgan fingerprint density at radius 3 is 1.24 bits per heavy atom. The Hall–Kier alpha value is -6.87. The van der Waals surface area contributed by atoms with E-state index in [0.717, 1.165) is 33.6 Å². The average Bonchev–Trinajstić information content (AvgIpc) is 3.16. The summed E-state index contributed by atoms with van der Waals surface area (Å²) in [6, 6.07) is 43.8. The molecule has 0 atom stereocenters. The number of aryl methyl sites for hydroxylation is 2. The highest BCUT2D eigenvalue weighted by Gasteiger charge is 2.08. The molecular weight excluding hydrogens is 681 g/mol. The van der Waals surface area contributed by atoms with Crippen LogP contribution in [0.15, 0.2) is 146 Å². The number of ketones is 1. The minimum atomic E-state index is -0.0610. The summed E-state index contributed by atoms with van der Waals surface area (Å²) in [5, 5.41) is 15.1. The monoisotopic (exact) mass is 722 g/mol. The predicted octanol–water partition coefficient (Wildman–Crippen LogP) is 9.61. The maximum atomic E-state index is 12.3. The van der Waals surface area contributed by atoms with Crippen molar-refractivity contribution in [3.63, 3.8) is 0 Å². The number of rotatable bonds is 13. The topological polar surface area (TPSA) is 123 Å².